The first-order chi connectivity index (χ1) is 11.7. The Hall–Kier alpha value is -3.08. The third-order valence-corrected chi connectivity index (χ3v) is 4.13. The van der Waals surface area contributed by atoms with Gasteiger partial charge in [0, 0.05) is 24.6 Å². The van der Waals surface area contributed by atoms with E-state index in [2.05, 4.69) is 10.3 Å². The second-order valence-corrected chi connectivity index (χ2v) is 5.84. The van der Waals surface area contributed by atoms with Gasteiger partial charge in [-0.15, -0.1) is 0 Å². The lowest BCUT2D eigenvalue weighted by Gasteiger charge is -2.36. The van der Waals surface area contributed by atoms with E-state index < -0.39 is 0 Å². The Kier molecular flexibility index (Phi) is 3.54. The number of aromatic nitrogens is 1. The first-order valence-corrected chi connectivity index (χ1v) is 7.84. The lowest BCUT2D eigenvalue weighted by atomic mass is 10.1. The fourth-order valence-corrected chi connectivity index (χ4v) is 2.97. The Labute approximate surface area is 139 Å². The van der Waals surface area contributed by atoms with Crippen LogP contribution in [-0.2, 0) is 6.54 Å². The molecule has 4 rings (SSSR count). The molecule has 5 heteroatoms. The summed E-state index contributed by atoms with van der Waals surface area (Å²) in [5.74, 6) is 1.52. The van der Waals surface area contributed by atoms with Crippen molar-refractivity contribution in [3.05, 3.63) is 83.6 Å². The lowest BCUT2D eigenvalue weighted by Crippen LogP contribution is -2.42. The Morgan fingerprint density at radius 1 is 1.17 bits per heavy atom. The van der Waals surface area contributed by atoms with E-state index in [1.54, 1.807) is 17.3 Å². The maximum Gasteiger partial charge on any atom is 0.258 e. The molecule has 3 heterocycles. The van der Waals surface area contributed by atoms with Crippen molar-refractivity contribution in [2.75, 3.05) is 5.32 Å². The molecule has 0 aliphatic carbocycles. The number of carbonyl (C=O) groups is 1. The van der Waals surface area contributed by atoms with E-state index in [0.717, 1.165) is 22.8 Å². The van der Waals surface area contributed by atoms with Crippen LogP contribution in [0.3, 0.4) is 0 Å². The Balaban J connectivity index is 1.75. The van der Waals surface area contributed by atoms with Gasteiger partial charge in [-0.25, -0.2) is 0 Å². The van der Waals surface area contributed by atoms with E-state index in [-0.39, 0.29) is 12.1 Å². The van der Waals surface area contributed by atoms with Crippen molar-refractivity contribution in [1.82, 2.24) is 9.88 Å². The zero-order chi connectivity index (χ0) is 16.5. The van der Waals surface area contributed by atoms with Gasteiger partial charge in [0.05, 0.1) is 5.56 Å². The van der Waals surface area contributed by atoms with Gasteiger partial charge < -0.3 is 14.6 Å². The molecule has 0 bridgehead atoms. The van der Waals surface area contributed by atoms with E-state index in [1.807, 2.05) is 55.5 Å². The number of anilines is 1. The fraction of sp³-hybridized carbons (Fsp3) is 0.158. The van der Waals surface area contributed by atoms with Gasteiger partial charge in [-0.3, -0.25) is 9.78 Å². The molecular weight excluding hydrogens is 302 g/mol. The summed E-state index contributed by atoms with van der Waals surface area (Å²) < 4.78 is 5.78. The molecule has 120 valence electrons. The van der Waals surface area contributed by atoms with Gasteiger partial charge in [-0.05, 0) is 42.8 Å². The number of hydrogen-bond donors (Lipinski definition) is 1. The molecule has 0 unspecified atom stereocenters. The molecule has 3 aromatic rings. The van der Waals surface area contributed by atoms with Crippen LogP contribution in [0.5, 0.6) is 0 Å². The Bertz CT molecular complexity index is 873. The van der Waals surface area contributed by atoms with E-state index in [9.17, 15) is 4.79 Å². The number of carbonyl (C=O) groups excluding carboxylic acids is 1. The zero-order valence-corrected chi connectivity index (χ0v) is 13.3. The van der Waals surface area contributed by atoms with Crippen molar-refractivity contribution in [1.29, 1.82) is 0 Å². The third kappa shape index (κ3) is 2.54. The van der Waals surface area contributed by atoms with Crippen LogP contribution in [0.25, 0.3) is 0 Å². The molecule has 0 spiro atoms. The molecule has 0 saturated carbocycles. The van der Waals surface area contributed by atoms with Gasteiger partial charge in [-0.1, -0.05) is 18.2 Å². The summed E-state index contributed by atoms with van der Waals surface area (Å²) in [5.41, 5.74) is 2.46. The predicted molar refractivity (Wildman–Crippen MR) is 90.4 cm³/mol. The van der Waals surface area contributed by atoms with Gasteiger partial charge >= 0.3 is 0 Å². The number of benzene rings is 1. The first kappa shape index (κ1) is 14.5. The number of para-hydroxylation sites is 1. The second-order valence-electron chi connectivity index (χ2n) is 5.84. The van der Waals surface area contributed by atoms with Gasteiger partial charge in [-0.2, -0.15) is 0 Å². The van der Waals surface area contributed by atoms with Gasteiger partial charge in [0.1, 0.15) is 11.5 Å². The van der Waals surface area contributed by atoms with Crippen molar-refractivity contribution >= 4 is 11.6 Å². The van der Waals surface area contributed by atoms with Gasteiger partial charge in [0.2, 0.25) is 0 Å². The van der Waals surface area contributed by atoms with Crippen LogP contribution in [0.4, 0.5) is 5.69 Å². The minimum atomic E-state index is -0.346. The van der Waals surface area contributed by atoms with E-state index in [4.69, 9.17) is 4.42 Å². The largest absolute Gasteiger partial charge is 0.462 e. The Morgan fingerprint density at radius 3 is 2.79 bits per heavy atom. The van der Waals surface area contributed by atoms with Crippen LogP contribution in [-0.4, -0.2) is 15.8 Å². The summed E-state index contributed by atoms with van der Waals surface area (Å²) in [6, 6.07) is 15.2. The highest BCUT2D eigenvalue weighted by molar-refractivity contribution is 6.01. The van der Waals surface area contributed by atoms with Crippen molar-refractivity contribution in [2.24, 2.45) is 0 Å². The number of hydrogen-bond acceptors (Lipinski definition) is 4. The number of amides is 1. The number of pyridine rings is 1. The highest BCUT2D eigenvalue weighted by Gasteiger charge is 2.34. The van der Waals surface area contributed by atoms with E-state index in [0.29, 0.717) is 12.1 Å². The molecule has 0 fully saturated rings. The first-order valence-electron chi connectivity index (χ1n) is 7.84. The minimum Gasteiger partial charge on any atom is -0.462 e. The van der Waals surface area contributed by atoms with E-state index in [1.165, 1.54) is 0 Å². The summed E-state index contributed by atoms with van der Waals surface area (Å²) >= 11 is 0. The normalized spacial score (nSPS) is 16.6. The maximum atomic E-state index is 13.0. The minimum absolute atomic E-state index is 0.0211. The van der Waals surface area contributed by atoms with Crippen LogP contribution in [0.15, 0.2) is 65.3 Å². The van der Waals surface area contributed by atoms with Crippen LogP contribution in [0.1, 0.15) is 33.6 Å². The molecule has 1 aromatic carbocycles. The van der Waals surface area contributed by atoms with Crippen LogP contribution < -0.4 is 5.32 Å². The fourth-order valence-electron chi connectivity index (χ4n) is 2.97. The van der Waals surface area contributed by atoms with Gasteiger partial charge in [0.25, 0.3) is 5.91 Å². The molecule has 1 amide bonds. The SMILES string of the molecule is Cc1ccc([C@@H]2Nc3ccccc3C(=O)N2Cc2cccnc2)o1. The molecule has 1 atom stereocenters. The summed E-state index contributed by atoms with van der Waals surface area (Å²) in [7, 11) is 0. The molecule has 24 heavy (non-hydrogen) atoms. The average Bonchev–Trinajstić information content (AvgIpc) is 3.04. The molecule has 2 aromatic heterocycles. The number of aryl methyl sites for hydroxylation is 1. The molecule has 1 aliphatic heterocycles. The topological polar surface area (TPSA) is 58.4 Å². The monoisotopic (exact) mass is 319 g/mol. The molecule has 5 nitrogen and oxygen atoms in total. The summed E-state index contributed by atoms with van der Waals surface area (Å²) in [6.07, 6.45) is 3.15. The number of nitrogens with one attached hydrogen (secondary N) is 1. The standard InChI is InChI=1S/C19H17N3O2/c1-13-8-9-17(24-13)18-21-16-7-3-2-6-15(16)19(23)22(18)12-14-5-4-10-20-11-14/h2-11,18,21H,12H2,1H3/t18-/m1/s1. The quantitative estimate of drug-likeness (QED) is 0.799. The molecule has 0 radical (unpaired) electrons. The summed E-state index contributed by atoms with van der Waals surface area (Å²) in [5, 5.41) is 3.42. The number of fused-ring (bicyclic) bond motifs is 1. The van der Waals surface area contributed by atoms with Gasteiger partial charge in [0.15, 0.2) is 6.17 Å². The van der Waals surface area contributed by atoms with Crippen LogP contribution in [0.2, 0.25) is 0 Å². The summed E-state index contributed by atoms with van der Waals surface area (Å²) in [6.45, 7) is 2.35. The predicted octanol–water partition coefficient (Wildman–Crippen LogP) is 3.75. The van der Waals surface area contributed by atoms with Crippen molar-refractivity contribution < 1.29 is 9.21 Å². The zero-order valence-electron chi connectivity index (χ0n) is 13.3. The van der Waals surface area contributed by atoms with Crippen molar-refractivity contribution in [3.63, 3.8) is 0 Å². The number of nitrogens with zero attached hydrogens (tertiary/aromatic N) is 2. The third-order valence-electron chi connectivity index (χ3n) is 4.13. The molecule has 1 N–H and O–H groups in total. The molecular formula is C19H17N3O2. The average molecular weight is 319 g/mol. The van der Waals surface area contributed by atoms with Crippen molar-refractivity contribution in [3.8, 4) is 0 Å². The van der Waals surface area contributed by atoms with Crippen LogP contribution >= 0.6 is 0 Å². The second kappa shape index (κ2) is 5.85. The highest BCUT2D eigenvalue weighted by Crippen LogP contribution is 2.34. The lowest BCUT2D eigenvalue weighted by molar-refractivity contribution is 0.0644. The highest BCUT2D eigenvalue weighted by atomic mass is 16.3. The van der Waals surface area contributed by atoms with E-state index >= 15 is 0 Å². The summed E-state index contributed by atoms with van der Waals surface area (Å²) in [4.78, 5) is 19.0. The van der Waals surface area contributed by atoms with Crippen LogP contribution in [0, 0.1) is 6.92 Å². The number of furan rings is 1. The van der Waals surface area contributed by atoms with Crippen molar-refractivity contribution in [2.45, 2.75) is 19.6 Å². The maximum absolute atomic E-state index is 13.0. The molecule has 0 saturated heterocycles. The smallest absolute Gasteiger partial charge is 0.258 e. The number of rotatable bonds is 3. The molecule has 1 aliphatic rings. The Morgan fingerprint density at radius 2 is 2.04 bits per heavy atom.